The van der Waals surface area contributed by atoms with Gasteiger partial charge in [0.1, 0.15) is 0 Å². The second-order valence-electron chi connectivity index (χ2n) is 3.66. The minimum Gasteiger partial charge on any atom is -0.237 e. The highest BCUT2D eigenvalue weighted by Gasteiger charge is 2.05. The second kappa shape index (κ2) is 7.82. The first kappa shape index (κ1) is 15.6. The van der Waals surface area contributed by atoms with Crippen LogP contribution in [0.1, 0.15) is 58.7 Å². The maximum absolute atomic E-state index is 4.43. The molecule has 2 heterocycles. The molecule has 0 aliphatic carbocycles. The maximum Gasteiger partial charge on any atom is 0.155 e. The number of hydrogen-bond donors (Lipinski definition) is 0. The van der Waals surface area contributed by atoms with Gasteiger partial charge in [0.25, 0.3) is 0 Å². The minimum absolute atomic E-state index is 0.460. The van der Waals surface area contributed by atoms with Gasteiger partial charge < -0.3 is 0 Å². The van der Waals surface area contributed by atoms with E-state index in [9.17, 15) is 0 Å². The van der Waals surface area contributed by atoms with E-state index in [4.69, 9.17) is 0 Å². The zero-order valence-corrected chi connectivity index (χ0v) is 12.2. The first-order chi connectivity index (χ1) is 8.16. The van der Waals surface area contributed by atoms with Gasteiger partial charge in [-0.3, -0.25) is 0 Å². The standard InChI is InChI=1S/C10H13N3.2C2H6/c1-7(2)9-4-10-11-5-8(3)6-13(10)12-9;2*1-2/h4-7H,1-3H3;2*1-2H3. The lowest BCUT2D eigenvalue weighted by atomic mass is 10.1. The van der Waals surface area contributed by atoms with E-state index in [1.807, 2.05) is 57.6 Å². The Bertz CT molecular complexity index is 430. The Labute approximate surface area is 105 Å². The molecular weight excluding hydrogens is 210 g/mol. The quantitative estimate of drug-likeness (QED) is 0.741. The van der Waals surface area contributed by atoms with Crippen LogP contribution in [-0.4, -0.2) is 14.6 Å². The predicted molar refractivity (Wildman–Crippen MR) is 74.5 cm³/mol. The lowest BCUT2D eigenvalue weighted by Gasteiger charge is -1.95. The Morgan fingerprint density at radius 1 is 1.12 bits per heavy atom. The molecule has 3 heteroatoms. The smallest absolute Gasteiger partial charge is 0.155 e. The van der Waals surface area contributed by atoms with E-state index in [0.717, 1.165) is 16.9 Å². The van der Waals surface area contributed by atoms with Crippen LogP contribution in [0, 0.1) is 6.92 Å². The molecule has 0 saturated heterocycles. The van der Waals surface area contributed by atoms with Gasteiger partial charge in [0, 0.05) is 18.5 Å². The third-order valence-corrected chi connectivity index (χ3v) is 2.05. The normalized spacial score (nSPS) is 9.41. The fourth-order valence-electron chi connectivity index (χ4n) is 1.27. The molecule has 0 aliphatic heterocycles. The summed E-state index contributed by atoms with van der Waals surface area (Å²) in [7, 11) is 0. The van der Waals surface area contributed by atoms with Crippen LogP contribution in [0.25, 0.3) is 5.65 Å². The van der Waals surface area contributed by atoms with E-state index in [0.29, 0.717) is 5.92 Å². The molecule has 3 nitrogen and oxygen atoms in total. The number of aromatic nitrogens is 3. The number of fused-ring (bicyclic) bond motifs is 1. The summed E-state index contributed by atoms with van der Waals surface area (Å²) >= 11 is 0. The monoisotopic (exact) mass is 235 g/mol. The first-order valence-corrected chi connectivity index (χ1v) is 6.49. The largest absolute Gasteiger partial charge is 0.237 e. The lowest BCUT2D eigenvalue weighted by Crippen LogP contribution is -1.92. The van der Waals surface area contributed by atoms with E-state index >= 15 is 0 Å². The molecule has 0 aromatic carbocycles. The van der Waals surface area contributed by atoms with Crippen molar-refractivity contribution in [3.63, 3.8) is 0 Å². The predicted octanol–water partition coefficient (Wildman–Crippen LogP) is 4.21. The van der Waals surface area contributed by atoms with Crippen molar-refractivity contribution in [1.29, 1.82) is 0 Å². The van der Waals surface area contributed by atoms with Crippen molar-refractivity contribution in [2.24, 2.45) is 0 Å². The Morgan fingerprint density at radius 3 is 2.24 bits per heavy atom. The summed E-state index contributed by atoms with van der Waals surface area (Å²) in [5.74, 6) is 0.460. The van der Waals surface area contributed by atoms with Gasteiger partial charge in [-0.1, -0.05) is 41.5 Å². The van der Waals surface area contributed by atoms with Crippen molar-refractivity contribution in [2.45, 2.75) is 54.4 Å². The van der Waals surface area contributed by atoms with Crippen molar-refractivity contribution in [3.05, 3.63) is 29.7 Å². The number of hydrogen-bond acceptors (Lipinski definition) is 2. The summed E-state index contributed by atoms with van der Waals surface area (Å²) in [5, 5.41) is 4.43. The van der Waals surface area contributed by atoms with Gasteiger partial charge in [-0.05, 0) is 18.4 Å². The average Bonchev–Trinajstić information content (AvgIpc) is 2.77. The van der Waals surface area contributed by atoms with E-state index in [-0.39, 0.29) is 0 Å². The van der Waals surface area contributed by atoms with Crippen LogP contribution in [0.3, 0.4) is 0 Å². The van der Waals surface area contributed by atoms with Crippen LogP contribution in [0.4, 0.5) is 0 Å². The summed E-state index contributed by atoms with van der Waals surface area (Å²) in [6.07, 6.45) is 3.86. The van der Waals surface area contributed by atoms with Gasteiger partial charge >= 0.3 is 0 Å². The second-order valence-corrected chi connectivity index (χ2v) is 3.66. The topological polar surface area (TPSA) is 30.2 Å². The molecule has 17 heavy (non-hydrogen) atoms. The van der Waals surface area contributed by atoms with Crippen molar-refractivity contribution in [1.82, 2.24) is 14.6 Å². The highest BCUT2D eigenvalue weighted by atomic mass is 15.2. The molecule has 0 aliphatic rings. The Hall–Kier alpha value is -1.38. The van der Waals surface area contributed by atoms with Gasteiger partial charge in [-0.25, -0.2) is 9.50 Å². The summed E-state index contributed by atoms with van der Waals surface area (Å²) in [4.78, 5) is 4.28. The summed E-state index contributed by atoms with van der Waals surface area (Å²) in [6.45, 7) is 14.3. The summed E-state index contributed by atoms with van der Waals surface area (Å²) < 4.78 is 1.84. The average molecular weight is 235 g/mol. The number of aryl methyl sites for hydroxylation is 1. The molecule has 96 valence electrons. The molecule has 0 saturated carbocycles. The van der Waals surface area contributed by atoms with E-state index < -0.39 is 0 Å². The molecule has 0 bridgehead atoms. The van der Waals surface area contributed by atoms with Crippen molar-refractivity contribution in [2.75, 3.05) is 0 Å². The molecule has 2 aromatic heterocycles. The van der Waals surface area contributed by atoms with Gasteiger partial charge in [0.2, 0.25) is 0 Å². The molecule has 0 fully saturated rings. The van der Waals surface area contributed by atoms with Crippen LogP contribution in [-0.2, 0) is 0 Å². The van der Waals surface area contributed by atoms with Gasteiger partial charge in [-0.15, -0.1) is 0 Å². The molecular formula is C14H25N3. The van der Waals surface area contributed by atoms with Gasteiger partial charge in [-0.2, -0.15) is 5.10 Å². The minimum atomic E-state index is 0.460. The Kier molecular flexibility index (Phi) is 7.19. The van der Waals surface area contributed by atoms with Crippen LogP contribution in [0.5, 0.6) is 0 Å². The molecule has 0 spiro atoms. The SMILES string of the molecule is CC.CC.Cc1cnc2cc(C(C)C)nn2c1. The third kappa shape index (κ3) is 4.17. The molecule has 0 N–H and O–H groups in total. The highest BCUT2D eigenvalue weighted by molar-refractivity contribution is 5.39. The molecule has 0 amide bonds. The van der Waals surface area contributed by atoms with E-state index in [2.05, 4.69) is 23.9 Å². The number of rotatable bonds is 1. The first-order valence-electron chi connectivity index (χ1n) is 6.49. The van der Waals surface area contributed by atoms with Crippen molar-refractivity contribution >= 4 is 5.65 Å². The fourth-order valence-corrected chi connectivity index (χ4v) is 1.27. The zero-order chi connectivity index (χ0) is 13.4. The summed E-state index contributed by atoms with van der Waals surface area (Å²) in [6, 6.07) is 2.03. The molecule has 0 radical (unpaired) electrons. The molecule has 0 unspecified atom stereocenters. The van der Waals surface area contributed by atoms with Gasteiger partial charge in [0.05, 0.1) is 5.69 Å². The van der Waals surface area contributed by atoms with E-state index in [1.54, 1.807) is 0 Å². The molecule has 0 atom stereocenters. The van der Waals surface area contributed by atoms with Crippen molar-refractivity contribution < 1.29 is 0 Å². The van der Waals surface area contributed by atoms with Crippen molar-refractivity contribution in [3.8, 4) is 0 Å². The van der Waals surface area contributed by atoms with Gasteiger partial charge in [0.15, 0.2) is 5.65 Å². The Morgan fingerprint density at radius 2 is 1.71 bits per heavy atom. The van der Waals surface area contributed by atoms with Crippen LogP contribution >= 0.6 is 0 Å². The van der Waals surface area contributed by atoms with E-state index in [1.165, 1.54) is 0 Å². The summed E-state index contributed by atoms with van der Waals surface area (Å²) in [5.41, 5.74) is 3.15. The third-order valence-electron chi connectivity index (χ3n) is 2.05. The molecule has 2 aromatic rings. The molecule has 2 rings (SSSR count). The lowest BCUT2D eigenvalue weighted by molar-refractivity contribution is 0.784. The van der Waals surface area contributed by atoms with Crippen LogP contribution in [0.15, 0.2) is 18.5 Å². The fraction of sp³-hybridized carbons (Fsp3) is 0.571. The Balaban J connectivity index is 0.000000581. The van der Waals surface area contributed by atoms with Crippen LogP contribution < -0.4 is 0 Å². The zero-order valence-electron chi connectivity index (χ0n) is 12.2. The number of nitrogens with zero attached hydrogens (tertiary/aromatic N) is 3. The maximum atomic E-state index is 4.43. The van der Waals surface area contributed by atoms with Crippen LogP contribution in [0.2, 0.25) is 0 Å². The highest BCUT2D eigenvalue weighted by Crippen LogP contribution is 2.13.